The Hall–Kier alpha value is -1.41. The third-order valence-corrected chi connectivity index (χ3v) is 5.68. The molecule has 2 aliphatic heterocycles. The van der Waals surface area contributed by atoms with Crippen molar-refractivity contribution in [1.82, 2.24) is 14.8 Å². The maximum absolute atomic E-state index is 13.0. The number of aliphatic hydroxyl groups is 1. The summed E-state index contributed by atoms with van der Waals surface area (Å²) in [6.45, 7) is 3.49. The molecule has 9 heteroatoms. The van der Waals surface area contributed by atoms with E-state index in [1.807, 2.05) is 17.0 Å². The van der Waals surface area contributed by atoms with E-state index < -0.39 is 5.60 Å². The van der Waals surface area contributed by atoms with Crippen LogP contribution >= 0.6 is 24.8 Å². The van der Waals surface area contributed by atoms with E-state index >= 15 is 0 Å². The molecule has 2 aliphatic rings. The zero-order valence-electron chi connectivity index (χ0n) is 16.1. The highest BCUT2D eigenvalue weighted by Crippen LogP contribution is 2.33. The van der Waals surface area contributed by atoms with Gasteiger partial charge in [-0.3, -0.25) is 14.6 Å². The minimum Gasteiger partial charge on any atom is -0.385 e. The van der Waals surface area contributed by atoms with E-state index in [1.165, 1.54) is 6.92 Å². The van der Waals surface area contributed by atoms with Crippen LogP contribution in [0.3, 0.4) is 0 Å². The van der Waals surface area contributed by atoms with E-state index in [4.69, 9.17) is 5.73 Å². The molecule has 0 bridgehead atoms. The first-order valence-corrected chi connectivity index (χ1v) is 9.32. The van der Waals surface area contributed by atoms with Gasteiger partial charge in [0.2, 0.25) is 11.8 Å². The van der Waals surface area contributed by atoms with Gasteiger partial charge in [0.25, 0.3) is 0 Å². The molecule has 0 aromatic carbocycles. The van der Waals surface area contributed by atoms with E-state index in [1.54, 1.807) is 17.3 Å². The van der Waals surface area contributed by atoms with Gasteiger partial charge in [-0.25, -0.2) is 0 Å². The Morgan fingerprint density at radius 3 is 2.43 bits per heavy atom. The number of pyridine rings is 1. The predicted molar refractivity (Wildman–Crippen MR) is 111 cm³/mol. The van der Waals surface area contributed by atoms with Crippen molar-refractivity contribution in [2.24, 2.45) is 11.7 Å². The summed E-state index contributed by atoms with van der Waals surface area (Å²) in [5, 5.41) is 10.9. The molecule has 3 heterocycles. The summed E-state index contributed by atoms with van der Waals surface area (Å²) < 4.78 is 0. The molecule has 2 amide bonds. The highest BCUT2D eigenvalue weighted by atomic mass is 35.5. The molecule has 7 nitrogen and oxygen atoms in total. The number of nitrogens with zero attached hydrogens (tertiary/aromatic N) is 3. The first kappa shape index (κ1) is 24.6. The van der Waals surface area contributed by atoms with E-state index in [0.717, 1.165) is 12.0 Å². The summed E-state index contributed by atoms with van der Waals surface area (Å²) in [5.41, 5.74) is 5.92. The van der Waals surface area contributed by atoms with Crippen LogP contribution in [-0.2, 0) is 15.2 Å². The first-order chi connectivity index (χ1) is 12.4. The topological polar surface area (TPSA) is 99.8 Å². The van der Waals surface area contributed by atoms with Gasteiger partial charge in [-0.15, -0.1) is 24.8 Å². The number of halogens is 2. The minimum absolute atomic E-state index is 0. The van der Waals surface area contributed by atoms with E-state index in [9.17, 15) is 14.7 Å². The molecule has 2 saturated heterocycles. The highest BCUT2D eigenvalue weighted by molar-refractivity contribution is 5.85. The second-order valence-corrected chi connectivity index (χ2v) is 7.56. The van der Waals surface area contributed by atoms with Crippen LogP contribution in [-0.4, -0.2) is 63.9 Å². The fourth-order valence-corrected chi connectivity index (χ4v) is 3.96. The Morgan fingerprint density at radius 2 is 1.86 bits per heavy atom. The summed E-state index contributed by atoms with van der Waals surface area (Å²) in [4.78, 5) is 32.4. The average molecular weight is 433 g/mol. The zero-order chi connectivity index (χ0) is 18.7. The molecule has 0 saturated carbocycles. The molecule has 1 aromatic rings. The predicted octanol–water partition coefficient (Wildman–Crippen LogP) is 1.32. The fourth-order valence-electron chi connectivity index (χ4n) is 3.96. The Kier molecular flexibility index (Phi) is 9.14. The number of piperidine rings is 1. The van der Waals surface area contributed by atoms with Crippen molar-refractivity contribution in [3.63, 3.8) is 0 Å². The second-order valence-electron chi connectivity index (χ2n) is 7.56. The van der Waals surface area contributed by atoms with Gasteiger partial charge in [0.15, 0.2) is 0 Å². The molecule has 1 aromatic heterocycles. The Labute approximate surface area is 178 Å². The molecule has 0 spiro atoms. The number of likely N-dealkylation sites (tertiary alicyclic amines) is 2. The highest BCUT2D eigenvalue weighted by Gasteiger charge is 2.38. The fraction of sp³-hybridized carbons (Fsp3) is 0.632. The zero-order valence-corrected chi connectivity index (χ0v) is 17.8. The Morgan fingerprint density at radius 1 is 1.18 bits per heavy atom. The van der Waals surface area contributed by atoms with Gasteiger partial charge in [0, 0.05) is 57.1 Å². The lowest BCUT2D eigenvalue weighted by Gasteiger charge is -2.39. The Bertz CT molecular complexity index is 654. The van der Waals surface area contributed by atoms with Crippen molar-refractivity contribution < 1.29 is 14.7 Å². The summed E-state index contributed by atoms with van der Waals surface area (Å²) in [5.74, 6) is -0.180. The van der Waals surface area contributed by atoms with Crippen molar-refractivity contribution in [3.8, 4) is 0 Å². The number of hydrogen-bond acceptors (Lipinski definition) is 5. The lowest BCUT2D eigenvalue weighted by Crippen LogP contribution is -2.49. The van der Waals surface area contributed by atoms with Crippen LogP contribution in [0.25, 0.3) is 0 Å². The maximum atomic E-state index is 13.0. The van der Waals surface area contributed by atoms with Crippen LogP contribution in [0.1, 0.15) is 38.2 Å². The lowest BCUT2D eigenvalue weighted by molar-refractivity contribution is -0.141. The van der Waals surface area contributed by atoms with E-state index in [-0.39, 0.29) is 48.6 Å². The number of carbonyl (C=O) groups is 2. The van der Waals surface area contributed by atoms with Gasteiger partial charge in [-0.2, -0.15) is 0 Å². The van der Waals surface area contributed by atoms with Gasteiger partial charge in [-0.05, 0) is 31.7 Å². The maximum Gasteiger partial charge on any atom is 0.227 e. The van der Waals surface area contributed by atoms with Crippen molar-refractivity contribution in [2.45, 2.75) is 44.2 Å². The molecular weight excluding hydrogens is 403 g/mol. The molecule has 3 N–H and O–H groups in total. The van der Waals surface area contributed by atoms with E-state index in [2.05, 4.69) is 4.98 Å². The van der Waals surface area contributed by atoms with E-state index in [0.29, 0.717) is 45.4 Å². The molecule has 0 aliphatic carbocycles. The number of nitrogens with two attached hydrogens (primary N) is 1. The summed E-state index contributed by atoms with van der Waals surface area (Å²) in [7, 11) is 0. The standard InChI is InChI=1S/C19H28N4O3.2ClH/c1-14(24)23-12-15(4-5-17(20)13-23)18(25)22-9-6-19(26,7-10-22)16-3-2-8-21-11-16;;/h2-3,8,11,15,17,26H,4-7,9-10,12-13,20H2,1H3;2*1H/t15-,17+;;/m1../s1. The van der Waals surface area contributed by atoms with Gasteiger partial charge in [0.1, 0.15) is 0 Å². The number of amides is 2. The van der Waals surface area contributed by atoms with Crippen LogP contribution in [0.2, 0.25) is 0 Å². The quantitative estimate of drug-likeness (QED) is 0.733. The second kappa shape index (κ2) is 10.4. The number of aromatic nitrogens is 1. The molecular formula is C19H30Cl2N4O3. The average Bonchev–Trinajstić information content (AvgIpc) is 2.84. The molecule has 158 valence electrons. The largest absolute Gasteiger partial charge is 0.385 e. The molecule has 0 unspecified atom stereocenters. The van der Waals surface area contributed by atoms with Crippen molar-refractivity contribution in [3.05, 3.63) is 30.1 Å². The summed E-state index contributed by atoms with van der Waals surface area (Å²) in [6.07, 6.45) is 5.80. The van der Waals surface area contributed by atoms with Crippen LogP contribution in [0.15, 0.2) is 24.5 Å². The van der Waals surface area contributed by atoms with Crippen molar-refractivity contribution >= 4 is 36.6 Å². The van der Waals surface area contributed by atoms with Gasteiger partial charge in [0.05, 0.1) is 11.5 Å². The van der Waals surface area contributed by atoms with Crippen LogP contribution in [0.5, 0.6) is 0 Å². The SMILES string of the molecule is CC(=O)N1C[C@@H](N)CC[C@@H](C(=O)N2CCC(O)(c3cccnc3)CC2)C1.Cl.Cl. The van der Waals surface area contributed by atoms with Crippen LogP contribution < -0.4 is 5.73 Å². The van der Waals surface area contributed by atoms with Gasteiger partial charge in [-0.1, -0.05) is 6.07 Å². The minimum atomic E-state index is -0.928. The third-order valence-electron chi connectivity index (χ3n) is 5.68. The smallest absolute Gasteiger partial charge is 0.227 e. The number of rotatable bonds is 2. The van der Waals surface area contributed by atoms with Gasteiger partial charge >= 0.3 is 0 Å². The van der Waals surface area contributed by atoms with Gasteiger partial charge < -0.3 is 20.6 Å². The van der Waals surface area contributed by atoms with Crippen LogP contribution in [0.4, 0.5) is 0 Å². The number of carbonyl (C=O) groups excluding carboxylic acids is 2. The molecule has 0 radical (unpaired) electrons. The summed E-state index contributed by atoms with van der Waals surface area (Å²) in [6, 6.07) is 3.62. The monoisotopic (exact) mass is 432 g/mol. The molecule has 3 rings (SSSR count). The van der Waals surface area contributed by atoms with Crippen molar-refractivity contribution in [1.29, 1.82) is 0 Å². The summed E-state index contributed by atoms with van der Waals surface area (Å²) >= 11 is 0. The molecule has 28 heavy (non-hydrogen) atoms. The molecule has 2 fully saturated rings. The van der Waals surface area contributed by atoms with Crippen molar-refractivity contribution in [2.75, 3.05) is 26.2 Å². The number of hydrogen-bond donors (Lipinski definition) is 2. The van der Waals surface area contributed by atoms with Crippen LogP contribution in [0, 0.1) is 5.92 Å². The normalized spacial score (nSPS) is 24.4. The third kappa shape index (κ3) is 5.56. The Balaban J connectivity index is 0.00000196. The molecule has 2 atom stereocenters. The lowest BCUT2D eigenvalue weighted by atomic mass is 9.85. The first-order valence-electron chi connectivity index (χ1n) is 9.32.